The number of carbonyl (C=O) groups is 1. The molecule has 10 nitrogen and oxygen atoms in total. The standard InChI is InChI=1S/C36H44N6O4S/c1-40-19-21-41(22-20-40)18-16-38-47(45,46)31-6-4-5-28(24-31)26-42(17-15-30-25-37-34-8-3-2-7-32(30)34)35-13-11-29-23-27(9-12-33(29)35)10-14-36(43)39-44/h2-10,12,14,23-25,35,37-38,44H,11,13,15-22,26H2,1H3,(H,39,43). The zero-order valence-electron chi connectivity index (χ0n) is 26.9. The Morgan fingerprint density at radius 2 is 1.89 bits per heavy atom. The highest BCUT2D eigenvalue weighted by Crippen LogP contribution is 2.38. The van der Waals surface area contributed by atoms with Gasteiger partial charge < -0.3 is 9.88 Å². The van der Waals surface area contributed by atoms with E-state index in [2.05, 4.69) is 68.0 Å². The minimum atomic E-state index is -3.65. The molecule has 2 aliphatic rings. The summed E-state index contributed by atoms with van der Waals surface area (Å²) in [6, 6.07) is 22.1. The highest BCUT2D eigenvalue weighted by atomic mass is 32.2. The van der Waals surface area contributed by atoms with Crippen LogP contribution in [0.15, 0.2) is 83.9 Å². The number of benzene rings is 3. The van der Waals surface area contributed by atoms with Crippen molar-refractivity contribution in [3.05, 3.63) is 107 Å². The number of aromatic nitrogens is 1. The van der Waals surface area contributed by atoms with Crippen molar-refractivity contribution in [2.75, 3.05) is 52.9 Å². The molecule has 11 heteroatoms. The van der Waals surface area contributed by atoms with Gasteiger partial charge in [0.05, 0.1) is 4.90 Å². The first-order chi connectivity index (χ1) is 22.8. The van der Waals surface area contributed by atoms with Crippen LogP contribution in [-0.4, -0.2) is 92.1 Å². The zero-order chi connectivity index (χ0) is 32.8. The molecule has 0 radical (unpaired) electrons. The van der Waals surface area contributed by atoms with Crippen molar-refractivity contribution in [1.29, 1.82) is 0 Å². The SMILES string of the molecule is CN1CCN(CCNS(=O)(=O)c2cccc(CN(CCc3c[nH]c4ccccc34)C3CCc4cc(C=CC(=O)NO)ccc43)c2)CC1. The number of hydroxylamine groups is 1. The number of H-pyrrole nitrogens is 1. The first-order valence-electron chi connectivity index (χ1n) is 16.3. The van der Waals surface area contributed by atoms with Crippen molar-refractivity contribution in [3.8, 4) is 0 Å². The molecule has 0 saturated carbocycles. The highest BCUT2D eigenvalue weighted by Gasteiger charge is 2.29. The number of para-hydroxylation sites is 1. The van der Waals surface area contributed by atoms with Crippen LogP contribution in [0.5, 0.6) is 0 Å². The van der Waals surface area contributed by atoms with Crippen molar-refractivity contribution in [2.45, 2.75) is 36.7 Å². The van der Waals surface area contributed by atoms with E-state index in [9.17, 15) is 13.2 Å². The molecular weight excluding hydrogens is 613 g/mol. The number of hydrogen-bond acceptors (Lipinski definition) is 7. The lowest BCUT2D eigenvalue weighted by atomic mass is 10.0. The number of amides is 1. The van der Waals surface area contributed by atoms with Gasteiger partial charge in [-0.25, -0.2) is 18.6 Å². The van der Waals surface area contributed by atoms with Crippen molar-refractivity contribution < 1.29 is 18.4 Å². The number of nitrogens with one attached hydrogen (secondary N) is 3. The van der Waals surface area contributed by atoms with Gasteiger partial charge in [0.1, 0.15) is 0 Å². The molecule has 1 aromatic heterocycles. The largest absolute Gasteiger partial charge is 0.361 e. The van der Waals surface area contributed by atoms with E-state index in [0.29, 0.717) is 24.5 Å². The monoisotopic (exact) mass is 656 g/mol. The maximum absolute atomic E-state index is 13.3. The third-order valence-corrected chi connectivity index (χ3v) is 10.9. The summed E-state index contributed by atoms with van der Waals surface area (Å²) in [5.74, 6) is -0.568. The Bertz CT molecular complexity index is 1830. The summed E-state index contributed by atoms with van der Waals surface area (Å²) in [7, 11) is -1.54. The molecule has 248 valence electrons. The summed E-state index contributed by atoms with van der Waals surface area (Å²) in [4.78, 5) is 22.2. The minimum Gasteiger partial charge on any atom is -0.361 e. The number of piperazine rings is 1. The fraction of sp³-hybridized carbons (Fsp3) is 0.361. The van der Waals surface area contributed by atoms with Gasteiger partial charge in [-0.3, -0.25) is 19.8 Å². The van der Waals surface area contributed by atoms with Crippen LogP contribution >= 0.6 is 0 Å². The third kappa shape index (κ3) is 8.18. The molecule has 3 aromatic carbocycles. The van der Waals surface area contributed by atoms with Gasteiger partial charge in [0.15, 0.2) is 0 Å². The van der Waals surface area contributed by atoms with E-state index >= 15 is 0 Å². The van der Waals surface area contributed by atoms with Crippen LogP contribution in [0.4, 0.5) is 0 Å². The van der Waals surface area contributed by atoms with Crippen molar-refractivity contribution in [3.63, 3.8) is 0 Å². The Hall–Kier alpha value is -3.84. The predicted octanol–water partition coefficient (Wildman–Crippen LogP) is 3.94. The Morgan fingerprint density at radius 3 is 2.72 bits per heavy atom. The number of nitrogens with zero attached hydrogens (tertiary/aromatic N) is 3. The highest BCUT2D eigenvalue weighted by molar-refractivity contribution is 7.89. The first-order valence-corrected chi connectivity index (χ1v) is 17.8. The maximum atomic E-state index is 13.3. The Morgan fingerprint density at radius 1 is 1.06 bits per heavy atom. The number of carbonyl (C=O) groups excluding carboxylic acids is 1. The van der Waals surface area contributed by atoms with E-state index in [-0.39, 0.29) is 6.04 Å². The van der Waals surface area contributed by atoms with Gasteiger partial charge in [-0.15, -0.1) is 0 Å². The van der Waals surface area contributed by atoms with Gasteiger partial charge >= 0.3 is 0 Å². The molecule has 1 amide bonds. The quantitative estimate of drug-likeness (QED) is 0.0978. The van der Waals surface area contributed by atoms with Gasteiger partial charge in [0.2, 0.25) is 10.0 Å². The van der Waals surface area contributed by atoms with Gasteiger partial charge in [0.25, 0.3) is 5.91 Å². The maximum Gasteiger partial charge on any atom is 0.267 e. The Balaban J connectivity index is 1.20. The second-order valence-corrected chi connectivity index (χ2v) is 14.4. The predicted molar refractivity (Wildman–Crippen MR) is 184 cm³/mol. The number of rotatable bonds is 13. The van der Waals surface area contributed by atoms with Crippen molar-refractivity contribution in [1.82, 2.24) is 29.9 Å². The van der Waals surface area contributed by atoms with Crippen LogP contribution in [0.3, 0.4) is 0 Å². The number of aromatic amines is 1. The van der Waals surface area contributed by atoms with Crippen LogP contribution in [0.1, 0.15) is 40.3 Å². The van der Waals surface area contributed by atoms with Gasteiger partial charge in [-0.2, -0.15) is 0 Å². The number of aryl methyl sites for hydroxylation is 1. The van der Waals surface area contributed by atoms with Gasteiger partial charge in [-0.05, 0) is 78.4 Å². The van der Waals surface area contributed by atoms with Crippen LogP contribution in [0, 0.1) is 0 Å². The van der Waals surface area contributed by atoms with E-state index in [4.69, 9.17) is 5.21 Å². The number of sulfonamides is 1. The summed E-state index contributed by atoms with van der Waals surface area (Å²) in [6.07, 6.45) is 7.79. The molecule has 1 unspecified atom stereocenters. The second-order valence-electron chi connectivity index (χ2n) is 12.6. The fourth-order valence-corrected chi connectivity index (χ4v) is 7.88. The lowest BCUT2D eigenvalue weighted by molar-refractivity contribution is -0.124. The Kier molecular flexibility index (Phi) is 10.5. The van der Waals surface area contributed by atoms with E-state index in [0.717, 1.165) is 68.6 Å². The summed E-state index contributed by atoms with van der Waals surface area (Å²) < 4.78 is 29.5. The molecule has 0 bridgehead atoms. The number of hydrogen-bond donors (Lipinski definition) is 4. The summed E-state index contributed by atoms with van der Waals surface area (Å²) in [5, 5.41) is 10.0. The average Bonchev–Trinajstić information content (AvgIpc) is 3.70. The summed E-state index contributed by atoms with van der Waals surface area (Å²) >= 11 is 0. The fourth-order valence-electron chi connectivity index (χ4n) is 6.79. The molecule has 47 heavy (non-hydrogen) atoms. The molecule has 4 aromatic rings. The molecule has 1 saturated heterocycles. The molecule has 4 N–H and O–H groups in total. The smallest absolute Gasteiger partial charge is 0.267 e. The molecule has 1 atom stereocenters. The Labute approximate surface area is 277 Å². The summed E-state index contributed by atoms with van der Waals surface area (Å²) in [6.45, 7) is 6.38. The lowest BCUT2D eigenvalue weighted by Gasteiger charge is -2.32. The molecular formula is C36H44N6O4S. The van der Waals surface area contributed by atoms with E-state index in [1.165, 1.54) is 28.2 Å². The molecule has 6 rings (SSSR count). The van der Waals surface area contributed by atoms with Crippen molar-refractivity contribution in [2.24, 2.45) is 0 Å². The van der Waals surface area contributed by atoms with E-state index in [1.54, 1.807) is 17.6 Å². The number of likely N-dealkylation sites (N-methyl/N-ethyl adjacent to an activating group) is 1. The van der Waals surface area contributed by atoms with Crippen LogP contribution in [0.25, 0.3) is 17.0 Å². The minimum absolute atomic E-state index is 0.163. The molecule has 1 aliphatic heterocycles. The lowest BCUT2D eigenvalue weighted by Crippen LogP contribution is -2.46. The van der Waals surface area contributed by atoms with Gasteiger partial charge in [0, 0.05) is 81.6 Å². The van der Waals surface area contributed by atoms with E-state index in [1.807, 2.05) is 30.3 Å². The second kappa shape index (κ2) is 14.9. The third-order valence-electron chi connectivity index (χ3n) is 9.44. The van der Waals surface area contributed by atoms with Crippen LogP contribution in [-0.2, 0) is 34.2 Å². The average molecular weight is 657 g/mol. The van der Waals surface area contributed by atoms with Crippen LogP contribution in [0.2, 0.25) is 0 Å². The zero-order valence-corrected chi connectivity index (χ0v) is 27.7. The normalized spacial score (nSPS) is 17.6. The van der Waals surface area contributed by atoms with Crippen molar-refractivity contribution >= 4 is 32.9 Å². The number of fused-ring (bicyclic) bond motifs is 2. The first kappa shape index (κ1) is 33.1. The molecule has 1 fully saturated rings. The molecule has 1 aliphatic carbocycles. The van der Waals surface area contributed by atoms with E-state index < -0.39 is 15.9 Å². The topological polar surface area (TPSA) is 121 Å². The molecule has 2 heterocycles. The molecule has 0 spiro atoms. The van der Waals surface area contributed by atoms with Crippen LogP contribution < -0.4 is 10.2 Å². The van der Waals surface area contributed by atoms with Gasteiger partial charge in [-0.1, -0.05) is 48.5 Å². The summed E-state index contributed by atoms with van der Waals surface area (Å²) in [5.41, 5.74) is 8.34.